The van der Waals surface area contributed by atoms with E-state index in [1.54, 1.807) is 0 Å². The Labute approximate surface area is 176 Å². The first kappa shape index (κ1) is 24.1. The third-order valence-corrected chi connectivity index (χ3v) is 11.1. The van der Waals surface area contributed by atoms with Gasteiger partial charge in [-0.15, -0.1) is 11.3 Å². The average molecular weight is 437 g/mol. The Kier molecular flexibility index (Phi) is 15.5. The standard InChI is InChI=1S/C20H36S5/c1-5-9-11-17(7-3)14-22-24-19-13-20(21-16-19)25-23-15-18(8-4)12-10-6-2/h13,16-18H,5-12,14-15H2,1-4H3. The minimum Gasteiger partial charge on any atom is -0.135 e. The van der Waals surface area contributed by atoms with Crippen molar-refractivity contribution in [2.75, 3.05) is 11.5 Å². The molecule has 25 heavy (non-hydrogen) atoms. The van der Waals surface area contributed by atoms with Gasteiger partial charge in [0, 0.05) is 21.8 Å². The first-order valence-electron chi connectivity index (χ1n) is 9.90. The highest BCUT2D eigenvalue weighted by Crippen LogP contribution is 2.42. The molecule has 0 aliphatic rings. The highest BCUT2D eigenvalue weighted by Gasteiger charge is 2.09. The summed E-state index contributed by atoms with van der Waals surface area (Å²) in [5, 5.41) is 2.34. The molecule has 0 saturated heterocycles. The molecule has 2 atom stereocenters. The summed E-state index contributed by atoms with van der Waals surface area (Å²) in [6, 6.07) is 2.39. The van der Waals surface area contributed by atoms with Crippen LogP contribution in [0.4, 0.5) is 0 Å². The molecule has 0 fully saturated rings. The van der Waals surface area contributed by atoms with E-state index in [9.17, 15) is 0 Å². The second-order valence-electron chi connectivity index (χ2n) is 6.67. The van der Waals surface area contributed by atoms with Gasteiger partial charge in [0.1, 0.15) is 0 Å². The monoisotopic (exact) mass is 436 g/mol. The minimum absolute atomic E-state index is 0.898. The lowest BCUT2D eigenvalue weighted by Gasteiger charge is -2.12. The largest absolute Gasteiger partial charge is 0.135 e. The highest BCUT2D eigenvalue weighted by molar-refractivity contribution is 8.77. The topological polar surface area (TPSA) is 0 Å². The summed E-state index contributed by atoms with van der Waals surface area (Å²) < 4.78 is 1.47. The van der Waals surface area contributed by atoms with Gasteiger partial charge in [0.15, 0.2) is 0 Å². The van der Waals surface area contributed by atoms with Gasteiger partial charge in [-0.25, -0.2) is 0 Å². The summed E-state index contributed by atoms with van der Waals surface area (Å²) in [7, 11) is 8.07. The van der Waals surface area contributed by atoms with Crippen LogP contribution in [0.15, 0.2) is 20.6 Å². The third-order valence-electron chi connectivity index (χ3n) is 4.54. The van der Waals surface area contributed by atoms with Crippen molar-refractivity contribution in [1.29, 1.82) is 0 Å². The van der Waals surface area contributed by atoms with Crippen LogP contribution in [0, 0.1) is 11.8 Å². The van der Waals surface area contributed by atoms with Crippen molar-refractivity contribution in [3.63, 3.8) is 0 Å². The molecule has 0 bridgehead atoms. The van der Waals surface area contributed by atoms with Crippen LogP contribution in [0.5, 0.6) is 0 Å². The Hall–Kier alpha value is 1.10. The molecule has 0 N–H and O–H groups in total. The van der Waals surface area contributed by atoms with Gasteiger partial charge in [-0.05, 0) is 41.5 Å². The second-order valence-corrected chi connectivity index (χ2v) is 12.6. The van der Waals surface area contributed by atoms with Gasteiger partial charge >= 0.3 is 0 Å². The molecule has 0 aromatic carbocycles. The minimum atomic E-state index is 0.898. The van der Waals surface area contributed by atoms with E-state index in [-0.39, 0.29) is 0 Å². The van der Waals surface area contributed by atoms with Gasteiger partial charge in [0.05, 0.1) is 4.21 Å². The Balaban J connectivity index is 2.22. The zero-order valence-electron chi connectivity index (χ0n) is 16.4. The highest BCUT2D eigenvalue weighted by atomic mass is 33.1. The summed E-state index contributed by atoms with van der Waals surface area (Å²) >= 11 is 1.91. The third kappa shape index (κ3) is 11.5. The van der Waals surface area contributed by atoms with Gasteiger partial charge in [0.25, 0.3) is 0 Å². The van der Waals surface area contributed by atoms with E-state index in [0.29, 0.717) is 0 Å². The Morgan fingerprint density at radius 2 is 1.40 bits per heavy atom. The molecule has 0 aliphatic heterocycles. The molecule has 1 aromatic heterocycles. The van der Waals surface area contributed by atoms with Crippen LogP contribution in [0.1, 0.15) is 79.1 Å². The number of thiophene rings is 1. The smallest absolute Gasteiger partial charge is 0.0718 e. The van der Waals surface area contributed by atoms with Crippen LogP contribution in [-0.2, 0) is 0 Å². The van der Waals surface area contributed by atoms with Crippen molar-refractivity contribution >= 4 is 54.5 Å². The van der Waals surface area contributed by atoms with Gasteiger partial charge < -0.3 is 0 Å². The van der Waals surface area contributed by atoms with Crippen molar-refractivity contribution in [1.82, 2.24) is 0 Å². The molecular weight excluding hydrogens is 401 g/mol. The molecule has 1 aromatic rings. The zero-order valence-corrected chi connectivity index (χ0v) is 20.5. The van der Waals surface area contributed by atoms with E-state index >= 15 is 0 Å². The Bertz CT molecular complexity index is 381. The molecule has 0 radical (unpaired) electrons. The first-order valence-corrected chi connectivity index (χ1v) is 15.4. The maximum atomic E-state index is 2.39. The fraction of sp³-hybridized carbons (Fsp3) is 0.800. The van der Waals surface area contributed by atoms with Crippen LogP contribution in [-0.4, -0.2) is 11.5 Å². The van der Waals surface area contributed by atoms with E-state index < -0.39 is 0 Å². The lowest BCUT2D eigenvalue weighted by molar-refractivity contribution is 0.500. The molecule has 0 amide bonds. The number of hydrogen-bond donors (Lipinski definition) is 0. The van der Waals surface area contributed by atoms with Crippen molar-refractivity contribution in [3.05, 3.63) is 11.4 Å². The summed E-state index contributed by atoms with van der Waals surface area (Å²) in [6.07, 6.45) is 10.9. The van der Waals surface area contributed by atoms with Crippen molar-refractivity contribution in [2.24, 2.45) is 11.8 Å². The molecular formula is C20H36S5. The van der Waals surface area contributed by atoms with E-state index in [2.05, 4.69) is 60.7 Å². The predicted octanol–water partition coefficient (Wildman–Crippen LogP) is 9.66. The number of unbranched alkanes of at least 4 members (excludes halogenated alkanes) is 2. The first-order chi connectivity index (χ1) is 12.2. The maximum absolute atomic E-state index is 2.39. The quantitative estimate of drug-likeness (QED) is 0.236. The molecule has 0 nitrogen and oxygen atoms in total. The number of rotatable bonds is 16. The van der Waals surface area contributed by atoms with Gasteiger partial charge in [0.2, 0.25) is 0 Å². The number of hydrogen-bond acceptors (Lipinski definition) is 5. The van der Waals surface area contributed by atoms with Crippen LogP contribution < -0.4 is 0 Å². The van der Waals surface area contributed by atoms with Crippen molar-refractivity contribution in [2.45, 2.75) is 88.2 Å². The fourth-order valence-electron chi connectivity index (χ4n) is 2.57. The molecule has 2 unspecified atom stereocenters. The molecule has 0 saturated carbocycles. The Morgan fingerprint density at radius 1 is 0.840 bits per heavy atom. The van der Waals surface area contributed by atoms with Crippen LogP contribution in [0.2, 0.25) is 0 Å². The zero-order chi connectivity index (χ0) is 18.3. The predicted molar refractivity (Wildman–Crippen MR) is 128 cm³/mol. The van der Waals surface area contributed by atoms with E-state index in [1.807, 2.05) is 32.9 Å². The van der Waals surface area contributed by atoms with Gasteiger partial charge in [-0.1, -0.05) is 98.6 Å². The molecule has 1 rings (SSSR count). The van der Waals surface area contributed by atoms with Crippen molar-refractivity contribution < 1.29 is 0 Å². The lowest BCUT2D eigenvalue weighted by Crippen LogP contribution is -2.01. The van der Waals surface area contributed by atoms with Crippen LogP contribution >= 0.6 is 54.5 Å². The molecule has 0 spiro atoms. The molecule has 1 heterocycles. The van der Waals surface area contributed by atoms with Gasteiger partial charge in [-0.3, -0.25) is 0 Å². The van der Waals surface area contributed by atoms with Crippen molar-refractivity contribution in [3.8, 4) is 0 Å². The van der Waals surface area contributed by atoms with Crippen LogP contribution in [0.25, 0.3) is 0 Å². The fourth-order valence-corrected chi connectivity index (χ4v) is 9.49. The summed E-state index contributed by atoms with van der Waals surface area (Å²) in [4.78, 5) is 1.45. The summed E-state index contributed by atoms with van der Waals surface area (Å²) in [5.74, 6) is 4.39. The molecule has 146 valence electrons. The average Bonchev–Trinajstić information content (AvgIpc) is 3.08. The maximum Gasteiger partial charge on any atom is 0.0718 e. The summed E-state index contributed by atoms with van der Waals surface area (Å²) in [5.41, 5.74) is 0. The van der Waals surface area contributed by atoms with E-state index in [1.165, 1.54) is 72.0 Å². The second kappa shape index (κ2) is 16.1. The van der Waals surface area contributed by atoms with Crippen LogP contribution in [0.3, 0.4) is 0 Å². The lowest BCUT2D eigenvalue weighted by atomic mass is 10.0. The molecule has 5 heteroatoms. The normalized spacial score (nSPS) is 13.9. The SMILES string of the molecule is CCCCC(CC)CSSc1csc(SSCC(CC)CCCC)c1. The van der Waals surface area contributed by atoms with E-state index in [0.717, 1.165) is 11.8 Å². The van der Waals surface area contributed by atoms with E-state index in [4.69, 9.17) is 0 Å². The summed E-state index contributed by atoms with van der Waals surface area (Å²) in [6.45, 7) is 9.27. The van der Waals surface area contributed by atoms with Gasteiger partial charge in [-0.2, -0.15) is 0 Å². The Morgan fingerprint density at radius 3 is 1.92 bits per heavy atom. The molecule has 0 aliphatic carbocycles.